The molecule has 88 valence electrons. The standard InChI is InChI=1S/C11H7Cl2NO2S/c12-7-1-6(2-8(13)3-7)11-14-9(5-17-11)4-10(15)16/h1-3,5H,4H2,(H,15,16). The van der Waals surface area contributed by atoms with Crippen molar-refractivity contribution in [2.45, 2.75) is 6.42 Å². The van der Waals surface area contributed by atoms with Crippen molar-refractivity contribution in [3.63, 3.8) is 0 Å². The molecule has 0 aliphatic heterocycles. The van der Waals surface area contributed by atoms with E-state index in [1.54, 1.807) is 23.6 Å². The molecule has 0 aliphatic rings. The molecular weight excluding hydrogens is 281 g/mol. The lowest BCUT2D eigenvalue weighted by atomic mass is 10.2. The lowest BCUT2D eigenvalue weighted by Gasteiger charge is -1.98. The Morgan fingerprint density at radius 2 is 1.94 bits per heavy atom. The summed E-state index contributed by atoms with van der Waals surface area (Å²) in [5, 5.41) is 12.2. The van der Waals surface area contributed by atoms with Crippen molar-refractivity contribution in [3.8, 4) is 10.6 Å². The molecule has 2 rings (SSSR count). The van der Waals surface area contributed by atoms with Gasteiger partial charge >= 0.3 is 5.97 Å². The van der Waals surface area contributed by atoms with Crippen LogP contribution in [0.5, 0.6) is 0 Å². The molecule has 0 radical (unpaired) electrons. The Hall–Kier alpha value is -1.10. The predicted octanol–water partition coefficient (Wildman–Crippen LogP) is 3.74. The van der Waals surface area contributed by atoms with Gasteiger partial charge < -0.3 is 5.11 Å². The largest absolute Gasteiger partial charge is 0.481 e. The molecular formula is C11H7Cl2NO2S. The lowest BCUT2D eigenvalue weighted by Crippen LogP contribution is -1.99. The van der Waals surface area contributed by atoms with E-state index in [9.17, 15) is 4.79 Å². The van der Waals surface area contributed by atoms with E-state index in [-0.39, 0.29) is 6.42 Å². The minimum absolute atomic E-state index is 0.0786. The molecule has 0 bridgehead atoms. The molecule has 0 saturated carbocycles. The Morgan fingerprint density at radius 1 is 1.29 bits per heavy atom. The summed E-state index contributed by atoms with van der Waals surface area (Å²) in [6.45, 7) is 0. The highest BCUT2D eigenvalue weighted by atomic mass is 35.5. The molecule has 1 heterocycles. The van der Waals surface area contributed by atoms with E-state index >= 15 is 0 Å². The minimum Gasteiger partial charge on any atom is -0.481 e. The Bertz CT molecular complexity index is 548. The van der Waals surface area contributed by atoms with Gasteiger partial charge in [0.05, 0.1) is 12.1 Å². The number of carboxylic acid groups (broad SMARTS) is 1. The summed E-state index contributed by atoms with van der Waals surface area (Å²) >= 11 is 13.1. The Kier molecular flexibility index (Phi) is 3.66. The summed E-state index contributed by atoms with van der Waals surface area (Å²) in [5.41, 5.74) is 1.33. The average molecular weight is 288 g/mol. The van der Waals surface area contributed by atoms with Crippen LogP contribution in [0.3, 0.4) is 0 Å². The van der Waals surface area contributed by atoms with E-state index in [1.807, 2.05) is 0 Å². The predicted molar refractivity (Wildman–Crippen MR) is 68.9 cm³/mol. The van der Waals surface area contributed by atoms with Crippen LogP contribution in [0.25, 0.3) is 10.6 Å². The van der Waals surface area contributed by atoms with Crippen LogP contribution < -0.4 is 0 Å². The minimum atomic E-state index is -0.897. The number of aliphatic carboxylic acids is 1. The zero-order valence-corrected chi connectivity index (χ0v) is 10.8. The first-order valence-electron chi connectivity index (χ1n) is 4.67. The molecule has 6 heteroatoms. The number of hydrogen-bond acceptors (Lipinski definition) is 3. The topological polar surface area (TPSA) is 50.2 Å². The number of rotatable bonds is 3. The van der Waals surface area contributed by atoms with Gasteiger partial charge in [-0.05, 0) is 18.2 Å². The van der Waals surface area contributed by atoms with E-state index in [1.165, 1.54) is 11.3 Å². The SMILES string of the molecule is O=C(O)Cc1csc(-c2cc(Cl)cc(Cl)c2)n1. The molecule has 0 aliphatic carbocycles. The third-order valence-corrected chi connectivity index (χ3v) is 3.37. The molecule has 17 heavy (non-hydrogen) atoms. The fraction of sp³-hybridized carbons (Fsp3) is 0.0909. The Labute approximate surface area is 112 Å². The summed E-state index contributed by atoms with van der Waals surface area (Å²) in [4.78, 5) is 14.8. The molecule has 0 saturated heterocycles. The van der Waals surface area contributed by atoms with Gasteiger partial charge in [-0.25, -0.2) is 4.98 Å². The van der Waals surface area contributed by atoms with Gasteiger partial charge in [0.2, 0.25) is 0 Å². The third kappa shape index (κ3) is 3.19. The fourth-order valence-electron chi connectivity index (χ4n) is 1.35. The van der Waals surface area contributed by atoms with Crippen LogP contribution in [-0.4, -0.2) is 16.1 Å². The van der Waals surface area contributed by atoms with Crippen molar-refractivity contribution in [2.75, 3.05) is 0 Å². The Balaban J connectivity index is 2.33. The van der Waals surface area contributed by atoms with Crippen molar-refractivity contribution in [1.29, 1.82) is 0 Å². The molecule has 3 nitrogen and oxygen atoms in total. The van der Waals surface area contributed by atoms with Crippen LogP contribution >= 0.6 is 34.5 Å². The number of hydrogen-bond donors (Lipinski definition) is 1. The molecule has 1 N–H and O–H groups in total. The molecule has 0 atom stereocenters. The van der Waals surface area contributed by atoms with Gasteiger partial charge in [-0.1, -0.05) is 23.2 Å². The zero-order chi connectivity index (χ0) is 12.4. The first-order chi connectivity index (χ1) is 8.04. The second kappa shape index (κ2) is 5.04. The molecule has 0 spiro atoms. The van der Waals surface area contributed by atoms with Crippen LogP contribution in [0.4, 0.5) is 0 Å². The third-order valence-electron chi connectivity index (χ3n) is 1.99. The van der Waals surface area contributed by atoms with E-state index in [0.717, 1.165) is 5.56 Å². The second-order valence-corrected chi connectivity index (χ2v) is 5.10. The first-order valence-corrected chi connectivity index (χ1v) is 6.31. The molecule has 1 aromatic carbocycles. The maximum Gasteiger partial charge on any atom is 0.309 e. The van der Waals surface area contributed by atoms with Gasteiger partial charge in [0.15, 0.2) is 0 Å². The molecule has 2 aromatic rings. The molecule has 0 fully saturated rings. The highest BCUT2D eigenvalue weighted by Gasteiger charge is 2.09. The molecule has 0 unspecified atom stereocenters. The number of benzene rings is 1. The van der Waals surface area contributed by atoms with Gasteiger partial charge in [-0.15, -0.1) is 11.3 Å². The number of carboxylic acids is 1. The van der Waals surface area contributed by atoms with Crippen LogP contribution in [0.2, 0.25) is 10.0 Å². The van der Waals surface area contributed by atoms with E-state index in [0.29, 0.717) is 20.7 Å². The van der Waals surface area contributed by atoms with Crippen LogP contribution in [0.15, 0.2) is 23.6 Å². The number of thiazole rings is 1. The first kappa shape index (κ1) is 12.4. The van der Waals surface area contributed by atoms with Crippen LogP contribution in [0, 0.1) is 0 Å². The van der Waals surface area contributed by atoms with E-state index < -0.39 is 5.97 Å². The smallest absolute Gasteiger partial charge is 0.309 e. The number of halogens is 2. The number of nitrogens with zero attached hydrogens (tertiary/aromatic N) is 1. The fourth-order valence-corrected chi connectivity index (χ4v) is 2.69. The summed E-state index contributed by atoms with van der Waals surface area (Å²) in [6, 6.07) is 5.13. The van der Waals surface area contributed by atoms with Crippen molar-refractivity contribution in [1.82, 2.24) is 4.98 Å². The van der Waals surface area contributed by atoms with Gasteiger partial charge in [0.25, 0.3) is 0 Å². The van der Waals surface area contributed by atoms with Crippen molar-refractivity contribution in [3.05, 3.63) is 39.3 Å². The monoisotopic (exact) mass is 287 g/mol. The Morgan fingerprint density at radius 3 is 2.53 bits per heavy atom. The van der Waals surface area contributed by atoms with Gasteiger partial charge in [0, 0.05) is 21.0 Å². The summed E-state index contributed by atoms with van der Waals surface area (Å²) < 4.78 is 0. The van der Waals surface area contributed by atoms with Crippen molar-refractivity contribution in [2.24, 2.45) is 0 Å². The van der Waals surface area contributed by atoms with E-state index in [4.69, 9.17) is 28.3 Å². The summed E-state index contributed by atoms with van der Waals surface area (Å²) in [7, 11) is 0. The van der Waals surface area contributed by atoms with Gasteiger partial charge in [-0.3, -0.25) is 4.79 Å². The van der Waals surface area contributed by atoms with E-state index in [2.05, 4.69) is 4.98 Å². The molecule has 0 amide bonds. The maximum absolute atomic E-state index is 10.5. The maximum atomic E-state index is 10.5. The lowest BCUT2D eigenvalue weighted by molar-refractivity contribution is -0.136. The van der Waals surface area contributed by atoms with Crippen molar-refractivity contribution < 1.29 is 9.90 Å². The van der Waals surface area contributed by atoms with Crippen LogP contribution in [0.1, 0.15) is 5.69 Å². The van der Waals surface area contributed by atoms with Gasteiger partial charge in [-0.2, -0.15) is 0 Å². The summed E-state index contributed by atoms with van der Waals surface area (Å²) in [5.74, 6) is -0.897. The summed E-state index contributed by atoms with van der Waals surface area (Å²) in [6.07, 6.45) is -0.0786. The zero-order valence-electron chi connectivity index (χ0n) is 8.48. The average Bonchev–Trinajstić information content (AvgIpc) is 2.63. The quantitative estimate of drug-likeness (QED) is 0.935. The second-order valence-electron chi connectivity index (χ2n) is 3.37. The normalized spacial score (nSPS) is 10.5. The molecule has 1 aromatic heterocycles. The highest BCUT2D eigenvalue weighted by Crippen LogP contribution is 2.29. The number of aromatic nitrogens is 1. The number of carbonyl (C=O) groups is 1. The highest BCUT2D eigenvalue weighted by molar-refractivity contribution is 7.13. The van der Waals surface area contributed by atoms with Gasteiger partial charge in [0.1, 0.15) is 5.01 Å². The van der Waals surface area contributed by atoms with Crippen LogP contribution in [-0.2, 0) is 11.2 Å². The van der Waals surface area contributed by atoms with Crippen molar-refractivity contribution >= 4 is 40.5 Å².